The minimum Gasteiger partial charge on any atom is -0.383 e. The summed E-state index contributed by atoms with van der Waals surface area (Å²) < 4.78 is 2.76. The van der Waals surface area contributed by atoms with Crippen LogP contribution < -0.4 is 5.32 Å². The molecule has 126 valence electrons. The van der Waals surface area contributed by atoms with E-state index in [2.05, 4.69) is 15.4 Å². The summed E-state index contributed by atoms with van der Waals surface area (Å²) in [5.41, 5.74) is 0.508. The molecule has 0 radical (unpaired) electrons. The van der Waals surface area contributed by atoms with E-state index < -0.39 is 5.60 Å². The number of para-hydroxylation sites is 1. The lowest BCUT2D eigenvalue weighted by atomic mass is 10.00. The normalized spacial score (nSPS) is 13.8. The fraction of sp³-hybridized carbons (Fsp3) is 0.353. The van der Waals surface area contributed by atoms with E-state index in [1.54, 1.807) is 42.4 Å². The van der Waals surface area contributed by atoms with Gasteiger partial charge in [-0.3, -0.25) is 9.48 Å². The number of nitrogens with zero attached hydrogens (tertiary/aromatic N) is 3. The van der Waals surface area contributed by atoms with Crippen molar-refractivity contribution in [1.29, 1.82) is 0 Å². The highest BCUT2D eigenvalue weighted by molar-refractivity contribution is 7.18. The second kappa shape index (κ2) is 6.70. The first-order valence-corrected chi connectivity index (χ1v) is 8.58. The van der Waals surface area contributed by atoms with Crippen molar-refractivity contribution in [3.8, 4) is 0 Å². The van der Waals surface area contributed by atoms with Gasteiger partial charge in [0.2, 0.25) is 5.91 Å². The van der Waals surface area contributed by atoms with E-state index in [1.165, 1.54) is 0 Å². The Labute approximate surface area is 144 Å². The first-order valence-electron chi connectivity index (χ1n) is 7.77. The van der Waals surface area contributed by atoms with E-state index in [0.717, 1.165) is 15.2 Å². The highest BCUT2D eigenvalue weighted by atomic mass is 32.1. The molecule has 0 aliphatic heterocycles. The molecule has 0 aliphatic carbocycles. The van der Waals surface area contributed by atoms with Crippen molar-refractivity contribution in [3.63, 3.8) is 0 Å². The van der Waals surface area contributed by atoms with Crippen LogP contribution in [0.1, 0.15) is 23.9 Å². The maximum Gasteiger partial charge on any atom is 0.220 e. The lowest BCUT2D eigenvalue weighted by Gasteiger charge is -2.22. The molecule has 6 nitrogen and oxygen atoms in total. The van der Waals surface area contributed by atoms with Crippen LogP contribution >= 0.6 is 11.3 Å². The lowest BCUT2D eigenvalue weighted by Crippen LogP contribution is -2.38. The van der Waals surface area contributed by atoms with E-state index in [0.29, 0.717) is 18.4 Å². The van der Waals surface area contributed by atoms with Crippen LogP contribution in [0.3, 0.4) is 0 Å². The van der Waals surface area contributed by atoms with Gasteiger partial charge in [-0.05, 0) is 19.1 Å². The van der Waals surface area contributed by atoms with Gasteiger partial charge in [-0.2, -0.15) is 5.10 Å². The number of hydrogen-bond acceptors (Lipinski definition) is 5. The molecule has 24 heavy (non-hydrogen) atoms. The predicted octanol–water partition coefficient (Wildman–Crippen LogP) is 1.99. The number of carbonyl (C=O) groups excluding carboxylic acids is 1. The van der Waals surface area contributed by atoms with Gasteiger partial charge in [-0.25, -0.2) is 4.98 Å². The second-order valence-corrected chi connectivity index (χ2v) is 7.14. The molecule has 0 saturated heterocycles. The monoisotopic (exact) mass is 344 g/mol. The van der Waals surface area contributed by atoms with Gasteiger partial charge >= 0.3 is 0 Å². The van der Waals surface area contributed by atoms with Crippen molar-refractivity contribution in [1.82, 2.24) is 20.1 Å². The number of rotatable bonds is 6. The van der Waals surface area contributed by atoms with Crippen LogP contribution in [-0.2, 0) is 23.9 Å². The van der Waals surface area contributed by atoms with Crippen molar-refractivity contribution < 1.29 is 9.90 Å². The average molecular weight is 344 g/mol. The van der Waals surface area contributed by atoms with E-state index in [-0.39, 0.29) is 12.5 Å². The molecular formula is C17H20N4O2S. The zero-order chi connectivity index (χ0) is 17.2. The molecule has 2 N–H and O–H groups in total. The van der Waals surface area contributed by atoms with E-state index in [1.807, 2.05) is 24.3 Å². The van der Waals surface area contributed by atoms with Gasteiger partial charge in [-0.1, -0.05) is 12.1 Å². The van der Waals surface area contributed by atoms with Gasteiger partial charge in [0.25, 0.3) is 0 Å². The molecule has 3 aromatic rings. The fourth-order valence-electron chi connectivity index (χ4n) is 2.41. The van der Waals surface area contributed by atoms with Gasteiger partial charge in [0.05, 0.1) is 28.0 Å². The molecule has 1 aromatic carbocycles. The zero-order valence-electron chi connectivity index (χ0n) is 13.7. The predicted molar refractivity (Wildman–Crippen MR) is 93.7 cm³/mol. The van der Waals surface area contributed by atoms with Crippen LogP contribution in [0.15, 0.2) is 36.7 Å². The first-order chi connectivity index (χ1) is 11.4. The van der Waals surface area contributed by atoms with E-state index >= 15 is 0 Å². The number of fused-ring (bicyclic) bond motifs is 1. The summed E-state index contributed by atoms with van der Waals surface area (Å²) in [4.78, 5) is 16.6. The highest BCUT2D eigenvalue weighted by Crippen LogP contribution is 2.22. The SMILES string of the molecule is Cn1cc(C(C)(O)CNC(=O)CCc2nc3ccccc3s2)cn1. The van der Waals surface area contributed by atoms with Crippen LogP contribution in [0.25, 0.3) is 10.2 Å². The Balaban J connectivity index is 1.52. The molecule has 2 aromatic heterocycles. The summed E-state index contributed by atoms with van der Waals surface area (Å²) in [6.07, 6.45) is 4.30. The topological polar surface area (TPSA) is 80.0 Å². The molecule has 0 bridgehead atoms. The third-order valence-corrected chi connectivity index (χ3v) is 4.96. The average Bonchev–Trinajstić information content (AvgIpc) is 3.17. The standard InChI is InChI=1S/C17H20N4O2S/c1-17(23,12-9-19-21(2)10-12)11-18-15(22)7-8-16-20-13-5-3-4-6-14(13)24-16/h3-6,9-10,23H,7-8,11H2,1-2H3,(H,18,22). The molecule has 3 rings (SSSR count). The molecule has 7 heteroatoms. The summed E-state index contributed by atoms with van der Waals surface area (Å²) in [6.45, 7) is 1.81. The maximum atomic E-state index is 12.0. The van der Waals surface area contributed by atoms with E-state index in [9.17, 15) is 9.90 Å². The van der Waals surface area contributed by atoms with Crippen LogP contribution in [-0.4, -0.2) is 32.3 Å². The van der Waals surface area contributed by atoms with Gasteiger partial charge < -0.3 is 10.4 Å². The van der Waals surface area contributed by atoms with Crippen molar-refractivity contribution in [2.45, 2.75) is 25.4 Å². The molecule has 1 atom stereocenters. The highest BCUT2D eigenvalue weighted by Gasteiger charge is 2.25. The molecule has 0 fully saturated rings. The number of amides is 1. The summed E-state index contributed by atoms with van der Waals surface area (Å²) in [7, 11) is 1.79. The number of benzene rings is 1. The molecule has 2 heterocycles. The Bertz CT molecular complexity index is 820. The van der Waals surface area contributed by atoms with Crippen molar-refractivity contribution in [2.75, 3.05) is 6.54 Å². The number of hydrogen-bond donors (Lipinski definition) is 2. The number of aryl methyl sites for hydroxylation is 2. The second-order valence-electron chi connectivity index (χ2n) is 6.03. The molecular weight excluding hydrogens is 324 g/mol. The van der Waals surface area contributed by atoms with Crippen LogP contribution in [0.4, 0.5) is 0 Å². The van der Waals surface area contributed by atoms with Crippen molar-refractivity contribution in [2.24, 2.45) is 7.05 Å². The minimum absolute atomic E-state index is 0.0987. The summed E-state index contributed by atoms with van der Waals surface area (Å²) in [6, 6.07) is 7.94. The van der Waals surface area contributed by atoms with Crippen LogP contribution in [0.5, 0.6) is 0 Å². The molecule has 0 aliphatic rings. The minimum atomic E-state index is -1.14. The van der Waals surface area contributed by atoms with Gasteiger partial charge in [0, 0.05) is 31.6 Å². The summed E-state index contributed by atoms with van der Waals surface area (Å²) >= 11 is 1.61. The number of aromatic nitrogens is 3. The molecule has 0 saturated carbocycles. The smallest absolute Gasteiger partial charge is 0.220 e. The maximum absolute atomic E-state index is 12.0. The Morgan fingerprint density at radius 1 is 1.42 bits per heavy atom. The quantitative estimate of drug-likeness (QED) is 0.717. The third-order valence-electron chi connectivity index (χ3n) is 3.86. The van der Waals surface area contributed by atoms with Crippen LogP contribution in [0.2, 0.25) is 0 Å². The molecule has 1 unspecified atom stereocenters. The summed E-state index contributed by atoms with van der Waals surface area (Å²) in [5.74, 6) is -0.0987. The van der Waals surface area contributed by atoms with Crippen molar-refractivity contribution in [3.05, 3.63) is 47.2 Å². The van der Waals surface area contributed by atoms with E-state index in [4.69, 9.17) is 0 Å². The van der Waals surface area contributed by atoms with Gasteiger partial charge in [0.1, 0.15) is 5.60 Å². The number of nitrogens with one attached hydrogen (secondary N) is 1. The Morgan fingerprint density at radius 2 is 2.21 bits per heavy atom. The van der Waals surface area contributed by atoms with Crippen LogP contribution in [0, 0.1) is 0 Å². The third kappa shape index (κ3) is 3.80. The van der Waals surface area contributed by atoms with Crippen molar-refractivity contribution >= 4 is 27.5 Å². The Hall–Kier alpha value is -2.25. The largest absolute Gasteiger partial charge is 0.383 e. The fourth-order valence-corrected chi connectivity index (χ4v) is 3.37. The Kier molecular flexibility index (Phi) is 4.64. The van der Waals surface area contributed by atoms with Gasteiger partial charge in [0.15, 0.2) is 0 Å². The number of aliphatic hydroxyl groups is 1. The summed E-state index contributed by atoms with van der Waals surface area (Å²) in [5, 5.41) is 18.2. The molecule has 0 spiro atoms. The first kappa shape index (κ1) is 16.6. The zero-order valence-corrected chi connectivity index (χ0v) is 14.5. The lowest BCUT2D eigenvalue weighted by molar-refractivity contribution is -0.122. The van der Waals surface area contributed by atoms with Gasteiger partial charge in [-0.15, -0.1) is 11.3 Å². The Morgan fingerprint density at radius 3 is 2.92 bits per heavy atom. The molecule has 1 amide bonds. The number of carbonyl (C=O) groups is 1. The number of thiazole rings is 1.